The van der Waals surface area contributed by atoms with Crippen molar-refractivity contribution >= 4 is 11.6 Å². The summed E-state index contributed by atoms with van der Waals surface area (Å²) in [6.07, 6.45) is 14.2. The van der Waals surface area contributed by atoms with Crippen molar-refractivity contribution in [3.63, 3.8) is 0 Å². The Hall–Kier alpha value is -2.19. The molecule has 1 aromatic carbocycles. The van der Waals surface area contributed by atoms with Crippen LogP contribution in [0.4, 0.5) is 5.69 Å². The minimum atomic E-state index is -0.453. The standard InChI is InChI=1S/C24H29N3O2/c1-2-3-9-24(26-27-24)10-8-21(28)25-20-6-4-19(5-7-20)22-12-17-11-18(13-22)15-23(29,14-17)16-22/h1,4-7,17-18,29H,3,8-16H2,(H,25,28). The van der Waals surface area contributed by atoms with Gasteiger partial charge in [0.25, 0.3) is 0 Å². The van der Waals surface area contributed by atoms with E-state index in [2.05, 4.69) is 33.6 Å². The third-order valence-corrected chi connectivity index (χ3v) is 7.62. The molecule has 1 aliphatic heterocycles. The largest absolute Gasteiger partial charge is 0.390 e. The Labute approximate surface area is 172 Å². The van der Waals surface area contributed by atoms with E-state index in [0.29, 0.717) is 31.1 Å². The van der Waals surface area contributed by atoms with Crippen molar-refractivity contribution in [2.75, 3.05) is 5.32 Å². The highest BCUT2D eigenvalue weighted by Gasteiger charge is 2.57. The molecule has 5 nitrogen and oxygen atoms in total. The number of carbonyl (C=O) groups is 1. The SMILES string of the molecule is C#CCCC1(CCC(=O)Nc2ccc(C34CC5CC(CC(O)(C5)C3)C4)cc2)N=N1. The van der Waals surface area contributed by atoms with Gasteiger partial charge in [0, 0.05) is 31.4 Å². The number of terminal acetylenes is 1. The Kier molecular flexibility index (Phi) is 4.33. The fourth-order valence-electron chi connectivity index (χ4n) is 6.66. The highest BCUT2D eigenvalue weighted by molar-refractivity contribution is 5.90. The average Bonchev–Trinajstić information content (AvgIpc) is 3.44. The van der Waals surface area contributed by atoms with E-state index in [-0.39, 0.29) is 11.3 Å². The third kappa shape index (κ3) is 3.59. The van der Waals surface area contributed by atoms with E-state index in [1.54, 1.807) is 0 Å². The molecule has 1 aromatic rings. The molecule has 2 atom stereocenters. The van der Waals surface area contributed by atoms with E-state index in [0.717, 1.165) is 31.4 Å². The molecule has 5 aliphatic rings. The molecule has 1 heterocycles. The summed E-state index contributed by atoms with van der Waals surface area (Å²) in [6, 6.07) is 8.34. The summed E-state index contributed by atoms with van der Waals surface area (Å²) in [5.41, 5.74) is 1.41. The summed E-state index contributed by atoms with van der Waals surface area (Å²) < 4.78 is 0. The zero-order valence-electron chi connectivity index (χ0n) is 16.9. The second kappa shape index (κ2) is 6.67. The fraction of sp³-hybridized carbons (Fsp3) is 0.625. The van der Waals surface area contributed by atoms with Gasteiger partial charge >= 0.3 is 0 Å². The van der Waals surface area contributed by atoms with E-state index in [1.165, 1.54) is 24.8 Å². The molecule has 0 spiro atoms. The molecule has 2 N–H and O–H groups in total. The Bertz CT molecular complexity index is 862. The number of hydrogen-bond donors (Lipinski definition) is 2. The quantitative estimate of drug-likeness (QED) is 0.669. The number of nitrogens with one attached hydrogen (secondary N) is 1. The molecule has 4 aliphatic carbocycles. The summed E-state index contributed by atoms with van der Waals surface area (Å²) in [7, 11) is 0. The van der Waals surface area contributed by atoms with Crippen molar-refractivity contribution in [3.05, 3.63) is 29.8 Å². The van der Waals surface area contributed by atoms with Crippen LogP contribution >= 0.6 is 0 Å². The summed E-state index contributed by atoms with van der Waals surface area (Å²) in [5.74, 6) is 3.93. The van der Waals surface area contributed by atoms with Crippen LogP contribution < -0.4 is 5.32 Å². The van der Waals surface area contributed by atoms with Gasteiger partial charge in [-0.15, -0.1) is 12.3 Å². The molecule has 1 amide bonds. The lowest BCUT2D eigenvalue weighted by Crippen LogP contribution is -2.57. The fourth-order valence-corrected chi connectivity index (χ4v) is 6.66. The van der Waals surface area contributed by atoms with E-state index in [9.17, 15) is 9.90 Å². The highest BCUT2D eigenvalue weighted by atomic mass is 16.3. The molecule has 152 valence electrons. The smallest absolute Gasteiger partial charge is 0.224 e. The molecule has 4 fully saturated rings. The van der Waals surface area contributed by atoms with Gasteiger partial charge in [0.15, 0.2) is 5.66 Å². The Morgan fingerprint density at radius 2 is 1.83 bits per heavy atom. The van der Waals surface area contributed by atoms with Crippen LogP contribution in [0.5, 0.6) is 0 Å². The summed E-state index contributed by atoms with van der Waals surface area (Å²) in [6.45, 7) is 0. The topological polar surface area (TPSA) is 74.0 Å². The van der Waals surface area contributed by atoms with Gasteiger partial charge in [0.05, 0.1) is 5.60 Å². The summed E-state index contributed by atoms with van der Waals surface area (Å²) >= 11 is 0. The molecule has 4 bridgehead atoms. The van der Waals surface area contributed by atoms with Crippen molar-refractivity contribution in [1.82, 2.24) is 0 Å². The number of aliphatic hydroxyl groups is 1. The number of hydrogen-bond acceptors (Lipinski definition) is 4. The first-order valence-corrected chi connectivity index (χ1v) is 10.9. The molecule has 5 heteroatoms. The van der Waals surface area contributed by atoms with Gasteiger partial charge in [-0.1, -0.05) is 12.1 Å². The van der Waals surface area contributed by atoms with Crippen molar-refractivity contribution in [3.8, 4) is 12.3 Å². The van der Waals surface area contributed by atoms with Crippen LogP contribution in [0.1, 0.15) is 69.8 Å². The molecule has 0 aromatic heterocycles. The number of anilines is 1. The molecular formula is C24H29N3O2. The minimum absolute atomic E-state index is 0.0146. The van der Waals surface area contributed by atoms with E-state index in [1.807, 2.05) is 12.1 Å². The van der Waals surface area contributed by atoms with E-state index in [4.69, 9.17) is 6.42 Å². The van der Waals surface area contributed by atoms with E-state index >= 15 is 0 Å². The van der Waals surface area contributed by atoms with Gasteiger partial charge in [-0.3, -0.25) is 4.79 Å². The lowest BCUT2D eigenvalue weighted by Gasteiger charge is -2.60. The highest BCUT2D eigenvalue weighted by Crippen LogP contribution is 2.62. The average molecular weight is 392 g/mol. The van der Waals surface area contributed by atoms with Gasteiger partial charge in [-0.2, -0.15) is 10.2 Å². The molecule has 0 saturated heterocycles. The first-order valence-electron chi connectivity index (χ1n) is 10.9. The molecule has 6 rings (SSSR count). The molecule has 2 unspecified atom stereocenters. The van der Waals surface area contributed by atoms with Crippen LogP contribution in [0.15, 0.2) is 34.5 Å². The normalized spacial score (nSPS) is 35.3. The summed E-state index contributed by atoms with van der Waals surface area (Å²) in [5, 5.41) is 22.2. The Morgan fingerprint density at radius 3 is 2.41 bits per heavy atom. The van der Waals surface area contributed by atoms with E-state index < -0.39 is 11.3 Å². The van der Waals surface area contributed by atoms with Crippen LogP contribution in [-0.2, 0) is 10.2 Å². The van der Waals surface area contributed by atoms with Crippen LogP contribution in [0, 0.1) is 24.2 Å². The van der Waals surface area contributed by atoms with Crippen molar-refractivity contribution in [1.29, 1.82) is 0 Å². The first-order chi connectivity index (χ1) is 13.9. The number of carbonyl (C=O) groups excluding carboxylic acids is 1. The van der Waals surface area contributed by atoms with Gasteiger partial charge in [0.1, 0.15) is 0 Å². The van der Waals surface area contributed by atoms with Gasteiger partial charge in [-0.05, 0) is 73.5 Å². The minimum Gasteiger partial charge on any atom is -0.390 e. The Morgan fingerprint density at radius 1 is 1.14 bits per heavy atom. The van der Waals surface area contributed by atoms with Crippen LogP contribution in [0.25, 0.3) is 0 Å². The number of nitrogens with zero attached hydrogens (tertiary/aromatic N) is 2. The molecule has 29 heavy (non-hydrogen) atoms. The molecular weight excluding hydrogens is 362 g/mol. The van der Waals surface area contributed by atoms with Crippen LogP contribution in [0.3, 0.4) is 0 Å². The zero-order chi connectivity index (χ0) is 20.1. The van der Waals surface area contributed by atoms with Gasteiger partial charge in [0.2, 0.25) is 5.91 Å². The second-order valence-corrected chi connectivity index (χ2v) is 9.98. The van der Waals surface area contributed by atoms with Crippen LogP contribution in [0.2, 0.25) is 0 Å². The van der Waals surface area contributed by atoms with Crippen molar-refractivity contribution in [2.45, 2.75) is 80.9 Å². The maximum absolute atomic E-state index is 12.3. The molecule has 4 saturated carbocycles. The number of benzene rings is 1. The first kappa shape index (κ1) is 18.8. The van der Waals surface area contributed by atoms with Gasteiger partial charge in [-0.25, -0.2) is 0 Å². The lowest BCUT2D eigenvalue weighted by molar-refractivity contribution is -0.137. The second-order valence-electron chi connectivity index (χ2n) is 9.98. The lowest BCUT2D eigenvalue weighted by atomic mass is 9.46. The third-order valence-electron chi connectivity index (χ3n) is 7.62. The molecule has 0 radical (unpaired) electrons. The number of amides is 1. The predicted octanol–water partition coefficient (Wildman–Crippen LogP) is 4.56. The Balaban J connectivity index is 1.20. The maximum Gasteiger partial charge on any atom is 0.224 e. The summed E-state index contributed by atoms with van der Waals surface area (Å²) in [4.78, 5) is 12.3. The predicted molar refractivity (Wildman–Crippen MR) is 111 cm³/mol. The maximum atomic E-state index is 12.3. The zero-order valence-corrected chi connectivity index (χ0v) is 16.9. The van der Waals surface area contributed by atoms with Crippen molar-refractivity contribution in [2.24, 2.45) is 22.1 Å². The van der Waals surface area contributed by atoms with Crippen molar-refractivity contribution < 1.29 is 9.90 Å². The number of rotatable bonds is 7. The van der Waals surface area contributed by atoms with Gasteiger partial charge < -0.3 is 10.4 Å². The van der Waals surface area contributed by atoms with Crippen LogP contribution in [-0.4, -0.2) is 22.3 Å². The monoisotopic (exact) mass is 391 g/mol.